The largest absolute Gasteiger partial charge is 0.390 e. The molecule has 2 rings (SSSR count). The second-order valence-electron chi connectivity index (χ2n) is 4.57. The highest BCUT2D eigenvalue weighted by molar-refractivity contribution is 7.09. The summed E-state index contributed by atoms with van der Waals surface area (Å²) in [6.45, 7) is 2.61. The van der Waals surface area contributed by atoms with E-state index in [4.69, 9.17) is 0 Å². The van der Waals surface area contributed by atoms with Crippen molar-refractivity contribution in [2.24, 2.45) is 0 Å². The SMILES string of the molecule is CCC(NCC(O)Cn1cc([N+](=O)[O-])cn1)c1nccs1. The molecule has 0 amide bonds. The first-order chi connectivity index (χ1) is 10.1. The van der Waals surface area contributed by atoms with Gasteiger partial charge in [0.15, 0.2) is 0 Å². The third kappa shape index (κ3) is 4.31. The van der Waals surface area contributed by atoms with Crippen molar-refractivity contribution < 1.29 is 10.0 Å². The van der Waals surface area contributed by atoms with Gasteiger partial charge in [-0.05, 0) is 6.42 Å². The number of hydrogen-bond donors (Lipinski definition) is 2. The van der Waals surface area contributed by atoms with Crippen molar-refractivity contribution in [3.8, 4) is 0 Å². The number of thiazole rings is 1. The lowest BCUT2D eigenvalue weighted by Gasteiger charge is -2.17. The molecule has 21 heavy (non-hydrogen) atoms. The van der Waals surface area contributed by atoms with E-state index in [0.29, 0.717) is 6.54 Å². The number of aliphatic hydroxyl groups is 1. The molecular formula is C12H17N5O3S. The van der Waals surface area contributed by atoms with Gasteiger partial charge < -0.3 is 10.4 Å². The molecule has 0 bridgehead atoms. The second kappa shape index (κ2) is 7.25. The van der Waals surface area contributed by atoms with E-state index in [1.54, 1.807) is 17.5 Å². The average molecular weight is 311 g/mol. The van der Waals surface area contributed by atoms with Crippen LogP contribution in [0, 0.1) is 10.1 Å². The lowest BCUT2D eigenvalue weighted by molar-refractivity contribution is -0.385. The molecule has 2 heterocycles. The first-order valence-electron chi connectivity index (χ1n) is 6.57. The minimum Gasteiger partial charge on any atom is -0.390 e. The van der Waals surface area contributed by atoms with Gasteiger partial charge in [-0.3, -0.25) is 14.8 Å². The molecule has 0 fully saturated rings. The molecule has 2 atom stereocenters. The third-order valence-electron chi connectivity index (χ3n) is 2.99. The van der Waals surface area contributed by atoms with Gasteiger partial charge in [0, 0.05) is 18.1 Å². The smallest absolute Gasteiger partial charge is 0.306 e. The summed E-state index contributed by atoms with van der Waals surface area (Å²) in [5, 5.41) is 30.5. The van der Waals surface area contributed by atoms with Crippen LogP contribution >= 0.6 is 11.3 Å². The summed E-state index contributed by atoms with van der Waals surface area (Å²) in [5.41, 5.74) is -0.0793. The molecule has 0 aliphatic carbocycles. The molecular weight excluding hydrogens is 294 g/mol. The average Bonchev–Trinajstić information content (AvgIpc) is 3.10. The van der Waals surface area contributed by atoms with Crippen LogP contribution in [0.2, 0.25) is 0 Å². The van der Waals surface area contributed by atoms with Gasteiger partial charge in [0.1, 0.15) is 17.4 Å². The van der Waals surface area contributed by atoms with E-state index in [1.165, 1.54) is 17.1 Å². The minimum absolute atomic E-state index is 0.0793. The Morgan fingerprint density at radius 1 is 1.62 bits per heavy atom. The Morgan fingerprint density at radius 2 is 2.43 bits per heavy atom. The zero-order valence-corrected chi connectivity index (χ0v) is 12.4. The van der Waals surface area contributed by atoms with Crippen molar-refractivity contribution in [3.05, 3.63) is 39.1 Å². The molecule has 2 aromatic rings. The van der Waals surface area contributed by atoms with Crippen LogP contribution in [0.15, 0.2) is 24.0 Å². The van der Waals surface area contributed by atoms with Gasteiger partial charge in [-0.25, -0.2) is 4.98 Å². The lowest BCUT2D eigenvalue weighted by atomic mass is 10.2. The molecule has 2 unspecified atom stereocenters. The zero-order chi connectivity index (χ0) is 15.2. The first-order valence-corrected chi connectivity index (χ1v) is 7.45. The van der Waals surface area contributed by atoms with E-state index in [9.17, 15) is 15.2 Å². The molecule has 114 valence electrons. The van der Waals surface area contributed by atoms with Gasteiger partial charge in [0.05, 0.1) is 23.6 Å². The number of nitrogens with zero attached hydrogens (tertiary/aromatic N) is 4. The number of rotatable bonds is 8. The number of aromatic nitrogens is 3. The Bertz CT molecular complexity index is 571. The predicted octanol–water partition coefficient (Wildman–Crippen LogP) is 1.35. The second-order valence-corrected chi connectivity index (χ2v) is 5.50. The van der Waals surface area contributed by atoms with Crippen LogP contribution in [0.4, 0.5) is 5.69 Å². The summed E-state index contributed by atoms with van der Waals surface area (Å²) < 4.78 is 1.37. The highest BCUT2D eigenvalue weighted by atomic mass is 32.1. The van der Waals surface area contributed by atoms with E-state index < -0.39 is 11.0 Å². The standard InChI is InChI=1S/C12H17N5O3S/c1-2-11(12-13-3-4-21-12)14-6-10(18)8-16-7-9(5-15-16)17(19)20/h3-5,7,10-11,14,18H,2,6,8H2,1H3. The molecule has 9 heteroatoms. The molecule has 0 aliphatic heterocycles. The summed E-state index contributed by atoms with van der Waals surface area (Å²) in [4.78, 5) is 14.3. The van der Waals surface area contributed by atoms with Crippen LogP contribution in [-0.2, 0) is 6.54 Å². The van der Waals surface area contributed by atoms with Gasteiger partial charge in [0.2, 0.25) is 0 Å². The lowest BCUT2D eigenvalue weighted by Crippen LogP contribution is -2.32. The fourth-order valence-electron chi connectivity index (χ4n) is 1.92. The van der Waals surface area contributed by atoms with Crippen molar-refractivity contribution in [1.82, 2.24) is 20.1 Å². The summed E-state index contributed by atoms with van der Waals surface area (Å²) >= 11 is 1.57. The van der Waals surface area contributed by atoms with Gasteiger partial charge in [-0.15, -0.1) is 11.3 Å². The summed E-state index contributed by atoms with van der Waals surface area (Å²) in [6, 6.07) is 0.103. The van der Waals surface area contributed by atoms with E-state index in [2.05, 4.69) is 15.4 Å². The van der Waals surface area contributed by atoms with Crippen LogP contribution in [0.5, 0.6) is 0 Å². The Hall–Kier alpha value is -1.84. The third-order valence-corrected chi connectivity index (χ3v) is 3.88. The summed E-state index contributed by atoms with van der Waals surface area (Å²) in [7, 11) is 0. The van der Waals surface area contributed by atoms with Crippen LogP contribution in [-0.4, -0.2) is 37.4 Å². The molecule has 0 aromatic carbocycles. The number of nitro groups is 1. The predicted molar refractivity (Wildman–Crippen MR) is 78.0 cm³/mol. The number of aliphatic hydroxyl groups excluding tert-OH is 1. The maximum absolute atomic E-state index is 10.6. The zero-order valence-electron chi connectivity index (χ0n) is 11.5. The fraction of sp³-hybridized carbons (Fsp3) is 0.500. The topological polar surface area (TPSA) is 106 Å². The quantitative estimate of drug-likeness (QED) is 0.563. The number of hydrogen-bond acceptors (Lipinski definition) is 7. The van der Waals surface area contributed by atoms with Crippen LogP contribution in [0.3, 0.4) is 0 Å². The van der Waals surface area contributed by atoms with Gasteiger partial charge in [-0.1, -0.05) is 6.92 Å². The van der Waals surface area contributed by atoms with Crippen molar-refractivity contribution in [2.45, 2.75) is 32.0 Å². The highest BCUT2D eigenvalue weighted by Crippen LogP contribution is 2.18. The Kier molecular flexibility index (Phi) is 5.37. The number of nitrogens with one attached hydrogen (secondary N) is 1. The molecule has 0 saturated carbocycles. The van der Waals surface area contributed by atoms with E-state index in [-0.39, 0.29) is 18.3 Å². The molecule has 2 N–H and O–H groups in total. The molecule has 2 aromatic heterocycles. The van der Waals surface area contributed by atoms with Gasteiger partial charge >= 0.3 is 5.69 Å². The summed E-state index contributed by atoms with van der Waals surface area (Å²) in [5.74, 6) is 0. The van der Waals surface area contributed by atoms with E-state index in [0.717, 1.165) is 11.4 Å². The maximum atomic E-state index is 10.6. The maximum Gasteiger partial charge on any atom is 0.306 e. The van der Waals surface area contributed by atoms with Crippen molar-refractivity contribution >= 4 is 17.0 Å². The highest BCUT2D eigenvalue weighted by Gasteiger charge is 2.15. The van der Waals surface area contributed by atoms with Crippen LogP contribution in [0.1, 0.15) is 24.4 Å². The van der Waals surface area contributed by atoms with Crippen LogP contribution < -0.4 is 5.32 Å². The monoisotopic (exact) mass is 311 g/mol. The van der Waals surface area contributed by atoms with Crippen molar-refractivity contribution in [2.75, 3.05) is 6.54 Å². The van der Waals surface area contributed by atoms with Crippen molar-refractivity contribution in [1.29, 1.82) is 0 Å². The minimum atomic E-state index is -0.682. The normalized spacial score (nSPS) is 14.0. The Balaban J connectivity index is 1.83. The molecule has 8 nitrogen and oxygen atoms in total. The van der Waals surface area contributed by atoms with Crippen molar-refractivity contribution in [3.63, 3.8) is 0 Å². The van der Waals surface area contributed by atoms with E-state index in [1.807, 2.05) is 12.3 Å². The first kappa shape index (κ1) is 15.5. The molecule has 0 spiro atoms. The molecule has 0 aliphatic rings. The van der Waals surface area contributed by atoms with Crippen LogP contribution in [0.25, 0.3) is 0 Å². The fourth-order valence-corrected chi connectivity index (χ4v) is 2.72. The Labute approximate surface area is 125 Å². The van der Waals surface area contributed by atoms with Gasteiger partial charge in [-0.2, -0.15) is 5.10 Å². The molecule has 0 saturated heterocycles. The van der Waals surface area contributed by atoms with Gasteiger partial charge in [0.25, 0.3) is 0 Å². The molecule has 0 radical (unpaired) electrons. The Morgan fingerprint density at radius 3 is 3.00 bits per heavy atom. The summed E-state index contributed by atoms with van der Waals surface area (Å²) in [6.07, 6.45) is 4.42. The van der Waals surface area contributed by atoms with E-state index >= 15 is 0 Å².